The third-order valence-electron chi connectivity index (χ3n) is 3.90. The molecule has 0 amide bonds. The van der Waals surface area contributed by atoms with E-state index in [0.717, 1.165) is 6.08 Å². The normalized spacial score (nSPS) is 21.6. The van der Waals surface area contributed by atoms with E-state index in [1.807, 2.05) is 0 Å². The lowest BCUT2D eigenvalue weighted by molar-refractivity contribution is -0.161. The second-order valence-electron chi connectivity index (χ2n) is 5.16. The van der Waals surface area contributed by atoms with Gasteiger partial charge in [0.25, 0.3) is 0 Å². The van der Waals surface area contributed by atoms with Gasteiger partial charge in [-0.2, -0.15) is 0 Å². The lowest BCUT2D eigenvalue weighted by Crippen LogP contribution is -2.47. The van der Waals surface area contributed by atoms with Gasteiger partial charge in [0.05, 0.1) is 5.57 Å². The van der Waals surface area contributed by atoms with Crippen LogP contribution in [0.1, 0.15) is 5.56 Å². The van der Waals surface area contributed by atoms with E-state index in [9.17, 15) is 39.6 Å². The van der Waals surface area contributed by atoms with E-state index in [4.69, 9.17) is 0 Å². The highest BCUT2D eigenvalue weighted by atomic mass is 16.4. The summed E-state index contributed by atoms with van der Waals surface area (Å²) >= 11 is 0. The highest BCUT2D eigenvalue weighted by molar-refractivity contribution is 6.13. The van der Waals surface area contributed by atoms with Gasteiger partial charge >= 0.3 is 23.9 Å². The minimum absolute atomic E-state index is 0.164. The maximum Gasteiger partial charge on any atom is 0.333 e. The molecule has 1 aromatic rings. The van der Waals surface area contributed by atoms with E-state index in [1.165, 1.54) is 24.3 Å². The van der Waals surface area contributed by atoms with Crippen molar-refractivity contribution in [3.05, 3.63) is 59.7 Å². The Hall–Kier alpha value is -3.42. The van der Waals surface area contributed by atoms with Crippen molar-refractivity contribution in [2.24, 2.45) is 5.41 Å². The molecule has 2 rings (SSSR count). The average Bonchev–Trinajstić information content (AvgIpc) is 2.54. The Kier molecular flexibility index (Phi) is 3.99. The summed E-state index contributed by atoms with van der Waals surface area (Å²) in [5, 5.41) is 37.5. The molecule has 1 atom stereocenters. The van der Waals surface area contributed by atoms with Gasteiger partial charge in [0, 0.05) is 0 Å². The number of carbonyl (C=O) groups is 4. The third-order valence-corrected chi connectivity index (χ3v) is 3.90. The van der Waals surface area contributed by atoms with Gasteiger partial charge < -0.3 is 20.4 Å². The molecule has 0 saturated carbocycles. The number of benzene rings is 1. The predicted octanol–water partition coefficient (Wildman–Crippen LogP) is 0.745. The van der Waals surface area contributed by atoms with Gasteiger partial charge in [-0.15, -0.1) is 0 Å². The lowest BCUT2D eigenvalue weighted by atomic mass is 9.67. The quantitative estimate of drug-likeness (QED) is 0.455. The van der Waals surface area contributed by atoms with Crippen molar-refractivity contribution < 1.29 is 39.6 Å². The topological polar surface area (TPSA) is 149 Å². The Bertz CT molecular complexity index is 776. The zero-order chi connectivity index (χ0) is 18.1. The molecule has 1 aliphatic carbocycles. The summed E-state index contributed by atoms with van der Waals surface area (Å²) in [6, 6.07) is 7.51. The standard InChI is InChI=1S/C16H12O8/c17-11(18)10-8-15(12(19)20,9-4-2-1-3-5-9)6-7-16(10,13(21)22)14(23)24/h1-8H,(H,17,18)(H,19,20)(H,21,22)(H,23,24). The third kappa shape index (κ3) is 2.24. The molecular weight excluding hydrogens is 320 g/mol. The van der Waals surface area contributed by atoms with E-state index in [0.29, 0.717) is 12.2 Å². The molecule has 0 radical (unpaired) electrons. The van der Waals surface area contributed by atoms with Gasteiger partial charge in [-0.25, -0.2) is 4.79 Å². The molecule has 4 N–H and O–H groups in total. The first-order valence-electron chi connectivity index (χ1n) is 6.61. The van der Waals surface area contributed by atoms with Crippen LogP contribution in [0.5, 0.6) is 0 Å². The van der Waals surface area contributed by atoms with Crippen molar-refractivity contribution in [1.29, 1.82) is 0 Å². The maximum absolute atomic E-state index is 11.8. The molecule has 0 aliphatic heterocycles. The van der Waals surface area contributed by atoms with Gasteiger partial charge in [-0.05, 0) is 11.6 Å². The van der Waals surface area contributed by atoms with Gasteiger partial charge in [-0.1, -0.05) is 42.5 Å². The van der Waals surface area contributed by atoms with E-state index < -0.39 is 40.3 Å². The SMILES string of the molecule is O=C(O)C1=CC(C(=O)O)(c2ccccc2)C=CC1(C(=O)O)C(=O)O. The molecule has 1 aliphatic rings. The first-order chi connectivity index (χ1) is 11.2. The largest absolute Gasteiger partial charge is 0.480 e. The van der Waals surface area contributed by atoms with Crippen molar-refractivity contribution in [2.45, 2.75) is 5.41 Å². The van der Waals surface area contributed by atoms with Crippen LogP contribution in [0.15, 0.2) is 54.1 Å². The monoisotopic (exact) mass is 332 g/mol. The fourth-order valence-electron chi connectivity index (χ4n) is 2.58. The molecule has 8 heteroatoms. The molecule has 124 valence electrons. The second-order valence-corrected chi connectivity index (χ2v) is 5.16. The molecule has 1 unspecified atom stereocenters. The molecule has 0 saturated heterocycles. The van der Waals surface area contributed by atoms with Gasteiger partial charge in [0.2, 0.25) is 5.41 Å². The second kappa shape index (κ2) is 5.65. The van der Waals surface area contributed by atoms with Crippen LogP contribution in [0.25, 0.3) is 0 Å². The van der Waals surface area contributed by atoms with Crippen LogP contribution >= 0.6 is 0 Å². The average molecular weight is 332 g/mol. The van der Waals surface area contributed by atoms with Gasteiger partial charge in [0.1, 0.15) is 5.41 Å². The molecule has 0 heterocycles. The van der Waals surface area contributed by atoms with Gasteiger partial charge in [-0.3, -0.25) is 14.4 Å². The highest BCUT2D eigenvalue weighted by Crippen LogP contribution is 2.42. The number of hydrogen-bond donors (Lipinski definition) is 4. The number of carboxylic acid groups (broad SMARTS) is 4. The Morgan fingerprint density at radius 3 is 1.71 bits per heavy atom. The fraction of sp³-hybridized carbons (Fsp3) is 0.125. The lowest BCUT2D eigenvalue weighted by Gasteiger charge is -2.33. The molecule has 8 nitrogen and oxygen atoms in total. The zero-order valence-corrected chi connectivity index (χ0v) is 12.0. The summed E-state index contributed by atoms with van der Waals surface area (Å²) in [5.74, 6) is -7.14. The Morgan fingerprint density at radius 2 is 1.29 bits per heavy atom. The molecule has 0 bridgehead atoms. The van der Waals surface area contributed by atoms with Crippen LogP contribution in [-0.4, -0.2) is 44.3 Å². The summed E-state index contributed by atoms with van der Waals surface area (Å²) in [6.07, 6.45) is 2.15. The first kappa shape index (κ1) is 16.9. The van der Waals surface area contributed by atoms with Gasteiger partial charge in [0.15, 0.2) is 0 Å². The molecular formula is C16H12O8. The number of hydrogen-bond acceptors (Lipinski definition) is 4. The van der Waals surface area contributed by atoms with E-state index in [2.05, 4.69) is 0 Å². The van der Waals surface area contributed by atoms with Crippen LogP contribution in [-0.2, 0) is 24.6 Å². The number of aliphatic carboxylic acids is 4. The van der Waals surface area contributed by atoms with Crippen LogP contribution in [0.3, 0.4) is 0 Å². The van der Waals surface area contributed by atoms with Crippen LogP contribution < -0.4 is 0 Å². The molecule has 0 aromatic heterocycles. The maximum atomic E-state index is 11.8. The summed E-state index contributed by atoms with van der Waals surface area (Å²) in [4.78, 5) is 46.2. The fourth-order valence-corrected chi connectivity index (χ4v) is 2.58. The number of carboxylic acids is 4. The van der Waals surface area contributed by atoms with Crippen molar-refractivity contribution in [1.82, 2.24) is 0 Å². The minimum Gasteiger partial charge on any atom is -0.480 e. The number of rotatable bonds is 5. The van der Waals surface area contributed by atoms with Crippen molar-refractivity contribution in [3.8, 4) is 0 Å². The van der Waals surface area contributed by atoms with E-state index >= 15 is 0 Å². The van der Waals surface area contributed by atoms with E-state index in [1.54, 1.807) is 6.07 Å². The smallest absolute Gasteiger partial charge is 0.333 e. The Balaban J connectivity index is 2.82. The highest BCUT2D eigenvalue weighted by Gasteiger charge is 2.56. The van der Waals surface area contributed by atoms with Crippen molar-refractivity contribution >= 4 is 23.9 Å². The first-order valence-corrected chi connectivity index (χ1v) is 6.61. The summed E-state index contributed by atoms with van der Waals surface area (Å²) in [5.41, 5.74) is -5.73. The minimum atomic E-state index is -2.86. The summed E-state index contributed by atoms with van der Waals surface area (Å²) in [7, 11) is 0. The molecule has 1 aromatic carbocycles. The Morgan fingerprint density at radius 1 is 0.750 bits per heavy atom. The van der Waals surface area contributed by atoms with Crippen LogP contribution in [0.2, 0.25) is 0 Å². The van der Waals surface area contributed by atoms with Crippen molar-refractivity contribution in [3.63, 3.8) is 0 Å². The molecule has 24 heavy (non-hydrogen) atoms. The molecule has 0 fully saturated rings. The predicted molar refractivity (Wildman–Crippen MR) is 78.3 cm³/mol. The molecule has 0 spiro atoms. The Labute approximate surface area is 135 Å². The van der Waals surface area contributed by atoms with Crippen molar-refractivity contribution in [2.75, 3.05) is 0 Å². The summed E-state index contributed by atoms with van der Waals surface area (Å²) in [6.45, 7) is 0. The zero-order valence-electron chi connectivity index (χ0n) is 12.0. The van der Waals surface area contributed by atoms with E-state index in [-0.39, 0.29) is 5.56 Å². The van der Waals surface area contributed by atoms with Crippen LogP contribution in [0, 0.1) is 5.41 Å². The summed E-state index contributed by atoms with van der Waals surface area (Å²) < 4.78 is 0. The van der Waals surface area contributed by atoms with Crippen LogP contribution in [0.4, 0.5) is 0 Å².